The highest BCUT2D eigenvalue weighted by Gasteiger charge is 1.98. The molecule has 1 rings (SSSR count). The molecule has 0 fully saturated rings. The van der Waals surface area contributed by atoms with E-state index in [-0.39, 0.29) is 0 Å². The molecule has 0 aliphatic heterocycles. The van der Waals surface area contributed by atoms with Crippen LogP contribution in [0.3, 0.4) is 0 Å². The molecule has 13 heavy (non-hydrogen) atoms. The van der Waals surface area contributed by atoms with E-state index in [1.807, 2.05) is 31.8 Å². The summed E-state index contributed by atoms with van der Waals surface area (Å²) in [6.45, 7) is 4.03. The van der Waals surface area contributed by atoms with Crippen LogP contribution in [0.1, 0.15) is 18.1 Å². The summed E-state index contributed by atoms with van der Waals surface area (Å²) in [6, 6.07) is 6.04. The molecular formula is C11H14NP. The van der Waals surface area contributed by atoms with E-state index < -0.39 is 0 Å². The van der Waals surface area contributed by atoms with Crippen LogP contribution in [0.15, 0.2) is 24.3 Å². The van der Waals surface area contributed by atoms with Crippen LogP contribution in [-0.4, -0.2) is 5.80 Å². The molecule has 0 aliphatic carbocycles. The second-order valence-electron chi connectivity index (χ2n) is 2.96. The van der Waals surface area contributed by atoms with Crippen molar-refractivity contribution in [2.24, 2.45) is 0 Å². The Morgan fingerprint density at radius 1 is 1.46 bits per heavy atom. The summed E-state index contributed by atoms with van der Waals surface area (Å²) in [5, 5.41) is 0. The first-order chi connectivity index (χ1) is 6.19. The molecule has 2 N–H and O–H groups in total. The van der Waals surface area contributed by atoms with Crippen molar-refractivity contribution in [1.82, 2.24) is 0 Å². The van der Waals surface area contributed by atoms with Crippen LogP contribution in [-0.2, 0) is 0 Å². The summed E-state index contributed by atoms with van der Waals surface area (Å²) in [5.41, 5.74) is 10.0. The van der Waals surface area contributed by atoms with Crippen LogP contribution < -0.4 is 5.73 Å². The monoisotopic (exact) mass is 191 g/mol. The fraction of sp³-hybridized carbons (Fsp3) is 0.182. The highest BCUT2D eigenvalue weighted by atomic mass is 31.0. The van der Waals surface area contributed by atoms with Crippen molar-refractivity contribution in [3.8, 4) is 0 Å². The number of hydrogen-bond acceptors (Lipinski definition) is 1. The van der Waals surface area contributed by atoms with Crippen LogP contribution in [0.25, 0.3) is 5.57 Å². The Balaban J connectivity index is 3.17. The van der Waals surface area contributed by atoms with Gasteiger partial charge in [0.2, 0.25) is 0 Å². The molecular weight excluding hydrogens is 177 g/mol. The normalized spacial score (nSPS) is 11.4. The molecule has 0 aromatic heterocycles. The predicted octanol–water partition coefficient (Wildman–Crippen LogP) is 2.93. The molecule has 1 aromatic carbocycles. The lowest BCUT2D eigenvalue weighted by Gasteiger charge is -2.04. The molecule has 2 heteroatoms. The number of nitrogen functional groups attached to an aromatic ring is 1. The Bertz CT molecular complexity index is 353. The van der Waals surface area contributed by atoms with Crippen LogP contribution in [0.5, 0.6) is 0 Å². The van der Waals surface area contributed by atoms with E-state index in [1.54, 1.807) is 0 Å². The third-order valence-corrected chi connectivity index (χ3v) is 2.38. The number of hydrogen-bond donors (Lipinski definition) is 1. The van der Waals surface area contributed by atoms with E-state index in [0.717, 1.165) is 11.3 Å². The molecule has 0 unspecified atom stereocenters. The average molecular weight is 191 g/mol. The van der Waals surface area contributed by atoms with Gasteiger partial charge in [-0.15, -0.1) is 8.86 Å². The van der Waals surface area contributed by atoms with Gasteiger partial charge in [-0.3, -0.25) is 0 Å². The SMILES string of the molecule is C/C=C(\C=P)c1ccc(N)c(C)c1. The topological polar surface area (TPSA) is 26.0 Å². The first-order valence-corrected chi connectivity index (χ1v) is 4.80. The molecule has 1 nitrogen and oxygen atoms in total. The number of benzene rings is 1. The maximum Gasteiger partial charge on any atom is 0.0344 e. The molecule has 0 spiro atoms. The van der Waals surface area contributed by atoms with Crippen molar-refractivity contribution < 1.29 is 0 Å². The molecule has 0 heterocycles. The van der Waals surface area contributed by atoms with Gasteiger partial charge < -0.3 is 5.73 Å². The smallest absolute Gasteiger partial charge is 0.0344 e. The third-order valence-electron chi connectivity index (χ3n) is 2.07. The molecule has 0 radical (unpaired) electrons. The molecule has 0 saturated carbocycles. The molecule has 0 amide bonds. The van der Waals surface area contributed by atoms with Crippen LogP contribution >= 0.6 is 8.86 Å². The number of rotatable bonds is 2. The second-order valence-corrected chi connectivity index (χ2v) is 3.25. The van der Waals surface area contributed by atoms with E-state index >= 15 is 0 Å². The average Bonchev–Trinajstić information content (AvgIpc) is 2.13. The Labute approximate surface area is 81.5 Å². The van der Waals surface area contributed by atoms with Crippen LogP contribution in [0, 0.1) is 6.92 Å². The number of nitrogens with two attached hydrogens (primary N) is 1. The van der Waals surface area contributed by atoms with Crippen molar-refractivity contribution in [2.75, 3.05) is 5.73 Å². The van der Waals surface area contributed by atoms with E-state index in [4.69, 9.17) is 5.73 Å². The molecule has 0 bridgehead atoms. The zero-order valence-corrected chi connectivity index (χ0v) is 8.96. The zero-order chi connectivity index (χ0) is 9.84. The minimum Gasteiger partial charge on any atom is -0.399 e. The third kappa shape index (κ3) is 2.19. The van der Waals surface area contributed by atoms with Gasteiger partial charge in [0.05, 0.1) is 0 Å². The highest BCUT2D eigenvalue weighted by molar-refractivity contribution is 7.20. The maximum absolute atomic E-state index is 5.73. The molecule has 0 atom stereocenters. The minimum atomic E-state index is 0.841. The van der Waals surface area contributed by atoms with Gasteiger partial charge in [-0.25, -0.2) is 0 Å². The lowest BCUT2D eigenvalue weighted by atomic mass is 10.0. The standard InChI is InChI=1S/C11H14NP/c1-3-9(7-13)10-4-5-11(12)8(2)6-10/h3-7,13H,12H2,1-2H3/b9-3+. The van der Waals surface area contributed by atoms with Crippen molar-refractivity contribution >= 4 is 25.9 Å². The van der Waals surface area contributed by atoms with Gasteiger partial charge in [0.15, 0.2) is 0 Å². The first kappa shape index (κ1) is 10.0. The Kier molecular flexibility index (Phi) is 3.27. The van der Waals surface area contributed by atoms with Crippen molar-refractivity contribution in [3.63, 3.8) is 0 Å². The summed E-state index contributed by atoms with van der Waals surface area (Å²) >= 11 is 0. The summed E-state index contributed by atoms with van der Waals surface area (Å²) in [5.74, 6) is 1.91. The largest absolute Gasteiger partial charge is 0.399 e. The van der Waals surface area contributed by atoms with Crippen LogP contribution in [0.4, 0.5) is 5.69 Å². The molecule has 0 saturated heterocycles. The lowest BCUT2D eigenvalue weighted by Crippen LogP contribution is -1.91. The van der Waals surface area contributed by atoms with E-state index in [2.05, 4.69) is 21.0 Å². The summed E-state index contributed by atoms with van der Waals surface area (Å²) in [7, 11) is 3.38. The maximum atomic E-state index is 5.73. The molecule has 0 aliphatic rings. The highest BCUT2D eigenvalue weighted by Crippen LogP contribution is 2.18. The predicted molar refractivity (Wildman–Crippen MR) is 63.6 cm³/mol. The quantitative estimate of drug-likeness (QED) is 0.564. The van der Waals surface area contributed by atoms with Gasteiger partial charge in [-0.05, 0) is 48.5 Å². The van der Waals surface area contributed by atoms with Crippen molar-refractivity contribution in [2.45, 2.75) is 13.8 Å². The summed E-state index contributed by atoms with van der Waals surface area (Å²) in [6.07, 6.45) is 2.05. The van der Waals surface area contributed by atoms with Crippen molar-refractivity contribution in [3.05, 3.63) is 35.4 Å². The number of allylic oxidation sites excluding steroid dienone is 2. The molecule has 1 aromatic rings. The summed E-state index contributed by atoms with van der Waals surface area (Å²) in [4.78, 5) is 0. The van der Waals surface area contributed by atoms with Crippen molar-refractivity contribution in [1.29, 1.82) is 0 Å². The fourth-order valence-electron chi connectivity index (χ4n) is 1.19. The first-order valence-electron chi connectivity index (χ1n) is 4.22. The Hall–Kier alpha value is -1.07. The van der Waals surface area contributed by atoms with Gasteiger partial charge in [-0.1, -0.05) is 12.1 Å². The Morgan fingerprint density at radius 3 is 2.62 bits per heavy atom. The minimum absolute atomic E-state index is 0.841. The lowest BCUT2D eigenvalue weighted by molar-refractivity contribution is 1.45. The molecule has 68 valence electrons. The van der Waals surface area contributed by atoms with Gasteiger partial charge in [0, 0.05) is 5.69 Å². The van der Waals surface area contributed by atoms with Gasteiger partial charge in [-0.2, -0.15) is 0 Å². The van der Waals surface area contributed by atoms with Gasteiger partial charge in [0.25, 0.3) is 0 Å². The second kappa shape index (κ2) is 4.25. The van der Waals surface area contributed by atoms with E-state index in [1.165, 1.54) is 11.1 Å². The summed E-state index contributed by atoms with van der Waals surface area (Å²) < 4.78 is 0. The number of aryl methyl sites for hydroxylation is 1. The Morgan fingerprint density at radius 2 is 2.15 bits per heavy atom. The fourth-order valence-corrected chi connectivity index (χ4v) is 1.52. The van der Waals surface area contributed by atoms with E-state index in [9.17, 15) is 0 Å². The van der Waals surface area contributed by atoms with E-state index in [0.29, 0.717) is 0 Å². The number of anilines is 1. The zero-order valence-electron chi connectivity index (χ0n) is 7.96. The van der Waals surface area contributed by atoms with Crippen LogP contribution in [0.2, 0.25) is 0 Å². The van der Waals surface area contributed by atoms with Gasteiger partial charge >= 0.3 is 0 Å². The van der Waals surface area contributed by atoms with Gasteiger partial charge in [0.1, 0.15) is 0 Å².